The summed E-state index contributed by atoms with van der Waals surface area (Å²) in [6.07, 6.45) is 8.88. The number of aryl methyl sites for hydroxylation is 1. The lowest BCUT2D eigenvalue weighted by molar-refractivity contribution is 0.0766. The van der Waals surface area contributed by atoms with Crippen molar-refractivity contribution in [2.45, 2.75) is 50.3 Å². The number of anilines is 1. The van der Waals surface area contributed by atoms with Crippen LogP contribution in [0.25, 0.3) is 0 Å². The highest BCUT2D eigenvalue weighted by atomic mass is 32.2. The Morgan fingerprint density at radius 1 is 1.03 bits per heavy atom. The van der Waals surface area contributed by atoms with Gasteiger partial charge in [-0.1, -0.05) is 31.4 Å². The average Bonchev–Trinajstić information content (AvgIpc) is 3.13. The van der Waals surface area contributed by atoms with Gasteiger partial charge in [0.2, 0.25) is 0 Å². The Morgan fingerprint density at radius 3 is 2.56 bits per heavy atom. The van der Waals surface area contributed by atoms with Crippen LogP contribution < -0.4 is 10.0 Å². The molecule has 1 amide bonds. The van der Waals surface area contributed by atoms with Gasteiger partial charge in [0.15, 0.2) is 0 Å². The topological polar surface area (TPSA) is 90.9 Å². The van der Waals surface area contributed by atoms with E-state index in [9.17, 15) is 13.2 Å². The zero-order valence-electron chi connectivity index (χ0n) is 19.8. The molecule has 34 heavy (non-hydrogen) atoms. The zero-order chi connectivity index (χ0) is 24.0. The predicted molar refractivity (Wildman–Crippen MR) is 137 cm³/mol. The third-order valence-electron chi connectivity index (χ3n) is 6.59. The number of hydrogen-bond donors (Lipinski definition) is 2. The molecule has 2 aromatic rings. The first-order chi connectivity index (χ1) is 16.4. The van der Waals surface area contributed by atoms with Gasteiger partial charge in [-0.3, -0.25) is 14.5 Å². The fourth-order valence-electron chi connectivity index (χ4n) is 4.59. The monoisotopic (exact) mass is 482 g/mol. The first kappa shape index (κ1) is 24.4. The predicted octanol–water partition coefficient (Wildman–Crippen LogP) is 4.51. The minimum absolute atomic E-state index is 0.0707. The fraction of sp³-hybridized carbons (Fsp3) is 0.462. The van der Waals surface area contributed by atoms with Gasteiger partial charge in [0.25, 0.3) is 15.9 Å². The van der Waals surface area contributed by atoms with Crippen molar-refractivity contribution in [1.29, 1.82) is 0 Å². The molecule has 1 heterocycles. The Kier molecular flexibility index (Phi) is 8.00. The summed E-state index contributed by atoms with van der Waals surface area (Å²) < 4.78 is 29.0. The molecule has 7 nitrogen and oxygen atoms in total. The lowest BCUT2D eigenvalue weighted by Gasteiger charge is -2.20. The Morgan fingerprint density at radius 2 is 1.79 bits per heavy atom. The van der Waals surface area contributed by atoms with Gasteiger partial charge in [0.05, 0.1) is 16.3 Å². The highest BCUT2D eigenvalue weighted by Crippen LogP contribution is 2.32. The SMILES string of the molecule is Cc1cccc(NS(=O)(=O)c2ccc(C(=O)N3CCCNCC3)cc2)c1/N=C\C1CCCCC1. The molecule has 0 radical (unpaired) electrons. The van der Waals surface area contributed by atoms with Crippen molar-refractivity contribution in [3.05, 3.63) is 53.6 Å². The number of carbonyl (C=O) groups excluding carboxylic acids is 1. The first-order valence-corrected chi connectivity index (χ1v) is 13.7. The highest BCUT2D eigenvalue weighted by Gasteiger charge is 2.20. The van der Waals surface area contributed by atoms with Crippen molar-refractivity contribution in [3.63, 3.8) is 0 Å². The van der Waals surface area contributed by atoms with Gasteiger partial charge in [0.1, 0.15) is 0 Å². The molecule has 2 fully saturated rings. The van der Waals surface area contributed by atoms with E-state index in [1.165, 1.54) is 31.4 Å². The molecule has 0 spiro atoms. The molecule has 1 aliphatic carbocycles. The van der Waals surface area contributed by atoms with Gasteiger partial charge in [-0.25, -0.2) is 8.42 Å². The molecular formula is C26H34N4O3S. The van der Waals surface area contributed by atoms with E-state index in [-0.39, 0.29) is 10.8 Å². The van der Waals surface area contributed by atoms with E-state index in [2.05, 4.69) is 10.0 Å². The summed E-state index contributed by atoms with van der Waals surface area (Å²) in [4.78, 5) is 19.4. The lowest BCUT2D eigenvalue weighted by atomic mass is 9.90. The number of nitrogens with one attached hydrogen (secondary N) is 2. The molecule has 0 bridgehead atoms. The Labute approximate surface area is 202 Å². The maximum atomic E-state index is 13.1. The summed E-state index contributed by atoms with van der Waals surface area (Å²) >= 11 is 0. The maximum absolute atomic E-state index is 13.1. The van der Waals surface area contributed by atoms with Crippen molar-refractivity contribution >= 4 is 33.5 Å². The average molecular weight is 483 g/mol. The summed E-state index contributed by atoms with van der Waals surface area (Å²) in [6, 6.07) is 11.7. The van der Waals surface area contributed by atoms with Crippen LogP contribution in [0.3, 0.4) is 0 Å². The molecular weight excluding hydrogens is 448 g/mol. The molecule has 2 N–H and O–H groups in total. The summed E-state index contributed by atoms with van der Waals surface area (Å²) in [6.45, 7) is 4.95. The van der Waals surface area contributed by atoms with E-state index in [4.69, 9.17) is 4.99 Å². The van der Waals surface area contributed by atoms with Crippen molar-refractivity contribution in [2.24, 2.45) is 10.9 Å². The van der Waals surface area contributed by atoms with Crippen LogP contribution >= 0.6 is 0 Å². The number of amides is 1. The zero-order valence-corrected chi connectivity index (χ0v) is 20.6. The minimum atomic E-state index is -3.83. The number of para-hydroxylation sites is 1. The first-order valence-electron chi connectivity index (χ1n) is 12.2. The van der Waals surface area contributed by atoms with Crippen LogP contribution in [-0.2, 0) is 10.0 Å². The smallest absolute Gasteiger partial charge is 0.261 e. The quantitative estimate of drug-likeness (QED) is 0.593. The number of benzene rings is 2. The van der Waals surface area contributed by atoms with Gasteiger partial charge >= 0.3 is 0 Å². The Bertz CT molecular complexity index is 1120. The standard InChI is InChI=1S/C26H34N4O3S/c1-20-7-5-10-24(25(20)28-19-21-8-3-2-4-9-21)29-34(32,33)23-13-11-22(12-14-23)26(31)30-17-6-15-27-16-18-30/h5,7,10-14,19,21,27,29H,2-4,6,8-9,15-18H2,1H3/b28-19-. The van der Waals surface area contributed by atoms with Gasteiger partial charge < -0.3 is 10.2 Å². The minimum Gasteiger partial charge on any atom is -0.337 e. The van der Waals surface area contributed by atoms with E-state index in [0.717, 1.165) is 37.9 Å². The summed E-state index contributed by atoms with van der Waals surface area (Å²) in [5.74, 6) is 0.376. The molecule has 182 valence electrons. The van der Waals surface area contributed by atoms with Crippen LogP contribution in [0.5, 0.6) is 0 Å². The van der Waals surface area contributed by atoms with E-state index in [0.29, 0.717) is 35.9 Å². The molecule has 8 heteroatoms. The second-order valence-electron chi connectivity index (χ2n) is 9.17. The van der Waals surface area contributed by atoms with Gasteiger partial charge in [-0.15, -0.1) is 0 Å². The summed E-state index contributed by atoms with van der Waals surface area (Å²) in [5.41, 5.74) is 2.52. The van der Waals surface area contributed by atoms with Crippen molar-refractivity contribution in [3.8, 4) is 0 Å². The van der Waals surface area contributed by atoms with Crippen LogP contribution in [0.1, 0.15) is 54.4 Å². The third-order valence-corrected chi connectivity index (χ3v) is 7.97. The van der Waals surface area contributed by atoms with Crippen molar-refractivity contribution < 1.29 is 13.2 Å². The van der Waals surface area contributed by atoms with Crippen LogP contribution in [0.15, 0.2) is 52.4 Å². The number of hydrogen-bond acceptors (Lipinski definition) is 5. The summed E-state index contributed by atoms with van der Waals surface area (Å²) in [5, 5.41) is 3.28. The molecule has 1 saturated heterocycles. The summed E-state index contributed by atoms with van der Waals surface area (Å²) in [7, 11) is -3.83. The maximum Gasteiger partial charge on any atom is 0.261 e. The molecule has 2 aliphatic rings. The van der Waals surface area contributed by atoms with E-state index < -0.39 is 10.0 Å². The number of carbonyl (C=O) groups is 1. The second-order valence-corrected chi connectivity index (χ2v) is 10.9. The van der Waals surface area contributed by atoms with Crippen molar-refractivity contribution in [1.82, 2.24) is 10.2 Å². The molecule has 0 atom stereocenters. The fourth-order valence-corrected chi connectivity index (χ4v) is 5.65. The second kappa shape index (κ2) is 11.1. The van der Waals surface area contributed by atoms with Crippen LogP contribution in [0, 0.1) is 12.8 Å². The molecule has 1 saturated carbocycles. The van der Waals surface area contributed by atoms with Crippen LogP contribution in [-0.4, -0.2) is 51.6 Å². The van der Waals surface area contributed by atoms with Crippen molar-refractivity contribution in [2.75, 3.05) is 30.9 Å². The Balaban J connectivity index is 1.50. The van der Waals surface area contributed by atoms with E-state index >= 15 is 0 Å². The van der Waals surface area contributed by atoms with Gasteiger partial charge in [-0.05, 0) is 74.5 Å². The van der Waals surface area contributed by atoms with Gasteiger partial charge in [0, 0.05) is 31.4 Å². The molecule has 0 unspecified atom stereocenters. The number of rotatable bonds is 6. The van der Waals surface area contributed by atoms with Gasteiger partial charge in [-0.2, -0.15) is 0 Å². The van der Waals surface area contributed by atoms with E-state index in [1.807, 2.05) is 30.2 Å². The van der Waals surface area contributed by atoms with E-state index in [1.54, 1.807) is 18.2 Å². The molecule has 1 aliphatic heterocycles. The number of nitrogens with zero attached hydrogens (tertiary/aromatic N) is 2. The third kappa shape index (κ3) is 6.04. The van der Waals surface area contributed by atoms with Crippen LogP contribution in [0.2, 0.25) is 0 Å². The lowest BCUT2D eigenvalue weighted by Crippen LogP contribution is -2.34. The number of sulfonamides is 1. The normalized spacial score (nSPS) is 18.1. The molecule has 0 aromatic heterocycles. The Hall–Kier alpha value is -2.71. The molecule has 4 rings (SSSR count). The highest BCUT2D eigenvalue weighted by molar-refractivity contribution is 7.92. The molecule has 2 aromatic carbocycles. The van der Waals surface area contributed by atoms with Crippen LogP contribution in [0.4, 0.5) is 11.4 Å². The number of aliphatic imine (C=N–C) groups is 1. The largest absolute Gasteiger partial charge is 0.337 e.